The Hall–Kier alpha value is 0.300. The topological polar surface area (TPSA) is 6.48 Å². The molecule has 0 spiro atoms. The Kier molecular flexibility index (Phi) is 11.1. The van der Waals surface area contributed by atoms with Gasteiger partial charge in [-0.15, -0.1) is 36.4 Å². The van der Waals surface area contributed by atoms with E-state index in [4.69, 9.17) is 23.2 Å². The molecule has 1 aliphatic heterocycles. The van der Waals surface area contributed by atoms with Crippen LogP contribution in [0.25, 0.3) is 0 Å². The van der Waals surface area contributed by atoms with E-state index >= 15 is 0 Å². The first-order valence-corrected chi connectivity index (χ1v) is 7.44. The van der Waals surface area contributed by atoms with Gasteiger partial charge in [-0.25, -0.2) is 0 Å². The smallest absolute Gasteiger partial charge is 0.0406 e. The molecule has 116 valence electrons. The summed E-state index contributed by atoms with van der Waals surface area (Å²) in [6.07, 6.45) is 1.10. The summed E-state index contributed by atoms with van der Waals surface area (Å²) < 4.78 is 0. The predicted molar refractivity (Wildman–Crippen MR) is 93.0 cm³/mol. The molecule has 6 heteroatoms. The van der Waals surface area contributed by atoms with E-state index in [9.17, 15) is 0 Å². The van der Waals surface area contributed by atoms with Gasteiger partial charge in [0.1, 0.15) is 0 Å². The van der Waals surface area contributed by atoms with Crippen molar-refractivity contribution < 1.29 is 0 Å². The molecule has 0 aliphatic carbocycles. The lowest BCUT2D eigenvalue weighted by Crippen LogP contribution is -2.46. The van der Waals surface area contributed by atoms with Gasteiger partial charge in [0.25, 0.3) is 0 Å². The summed E-state index contributed by atoms with van der Waals surface area (Å²) in [6, 6.07) is 8.16. The lowest BCUT2D eigenvalue weighted by molar-refractivity contribution is 0.127. The summed E-state index contributed by atoms with van der Waals surface area (Å²) in [6.45, 7) is 6.77. The highest BCUT2D eigenvalue weighted by atomic mass is 35.5. The van der Waals surface area contributed by atoms with Crippen LogP contribution >= 0.6 is 48.0 Å². The third-order valence-corrected chi connectivity index (χ3v) is 3.91. The zero-order valence-electron chi connectivity index (χ0n) is 11.4. The van der Waals surface area contributed by atoms with E-state index in [1.54, 1.807) is 0 Å². The van der Waals surface area contributed by atoms with Gasteiger partial charge in [0.15, 0.2) is 0 Å². The standard InChI is InChI=1S/C14H20Cl2N2.2ClH/c15-6-1-7-17-8-10-18(11-9-17)12-13-2-4-14(16)5-3-13;;/h2-5H,1,6-12H2;2*1H. The van der Waals surface area contributed by atoms with Crippen molar-refractivity contribution in [2.75, 3.05) is 38.6 Å². The van der Waals surface area contributed by atoms with Crippen LogP contribution in [0.4, 0.5) is 0 Å². The van der Waals surface area contributed by atoms with Crippen LogP contribution < -0.4 is 0 Å². The van der Waals surface area contributed by atoms with Gasteiger partial charge in [0.2, 0.25) is 0 Å². The van der Waals surface area contributed by atoms with Crippen molar-refractivity contribution in [1.29, 1.82) is 0 Å². The van der Waals surface area contributed by atoms with Crippen LogP contribution in [0.2, 0.25) is 5.02 Å². The highest BCUT2D eigenvalue weighted by Crippen LogP contribution is 2.13. The molecule has 1 saturated heterocycles. The zero-order chi connectivity index (χ0) is 12.8. The maximum absolute atomic E-state index is 5.89. The number of rotatable bonds is 5. The second-order valence-electron chi connectivity index (χ2n) is 4.79. The molecule has 0 aromatic heterocycles. The summed E-state index contributed by atoms with van der Waals surface area (Å²) in [7, 11) is 0. The summed E-state index contributed by atoms with van der Waals surface area (Å²) in [5, 5.41) is 0.810. The number of alkyl halides is 1. The van der Waals surface area contributed by atoms with E-state index in [1.807, 2.05) is 12.1 Å². The summed E-state index contributed by atoms with van der Waals surface area (Å²) in [5.74, 6) is 0.769. The van der Waals surface area contributed by atoms with Crippen molar-refractivity contribution in [2.45, 2.75) is 13.0 Å². The average molecular weight is 360 g/mol. The van der Waals surface area contributed by atoms with Crippen molar-refractivity contribution in [1.82, 2.24) is 9.80 Å². The number of nitrogens with zero attached hydrogens (tertiary/aromatic N) is 2. The molecule has 0 atom stereocenters. The molecule has 0 unspecified atom stereocenters. The fourth-order valence-electron chi connectivity index (χ4n) is 2.30. The summed E-state index contributed by atoms with van der Waals surface area (Å²) in [4.78, 5) is 5.00. The Balaban J connectivity index is 0.00000180. The molecule has 2 nitrogen and oxygen atoms in total. The first-order chi connectivity index (χ1) is 8.78. The van der Waals surface area contributed by atoms with E-state index in [1.165, 1.54) is 5.56 Å². The van der Waals surface area contributed by atoms with Gasteiger partial charge in [-0.2, -0.15) is 0 Å². The zero-order valence-corrected chi connectivity index (χ0v) is 14.6. The molecule has 20 heavy (non-hydrogen) atoms. The Morgan fingerprint density at radius 1 is 0.900 bits per heavy atom. The fourth-order valence-corrected chi connectivity index (χ4v) is 2.55. The largest absolute Gasteiger partial charge is 0.301 e. The lowest BCUT2D eigenvalue weighted by atomic mass is 10.2. The van der Waals surface area contributed by atoms with Crippen LogP contribution in [0, 0.1) is 0 Å². The third-order valence-electron chi connectivity index (χ3n) is 3.39. The first-order valence-electron chi connectivity index (χ1n) is 6.53. The molecule has 0 radical (unpaired) electrons. The van der Waals surface area contributed by atoms with Crippen molar-refractivity contribution >= 4 is 48.0 Å². The van der Waals surface area contributed by atoms with Crippen LogP contribution in [-0.4, -0.2) is 48.4 Å². The van der Waals surface area contributed by atoms with Gasteiger partial charge in [-0.3, -0.25) is 4.90 Å². The number of hydrogen-bond acceptors (Lipinski definition) is 2. The minimum atomic E-state index is 0. The maximum atomic E-state index is 5.89. The Bertz CT molecular complexity index is 351. The minimum Gasteiger partial charge on any atom is -0.301 e. The molecule has 1 aromatic carbocycles. The Morgan fingerprint density at radius 3 is 2.00 bits per heavy atom. The van der Waals surface area contributed by atoms with Crippen molar-refractivity contribution in [3.63, 3.8) is 0 Å². The molecule has 1 aromatic rings. The first kappa shape index (κ1) is 20.3. The average Bonchev–Trinajstić information content (AvgIpc) is 2.41. The van der Waals surface area contributed by atoms with Gasteiger partial charge >= 0.3 is 0 Å². The Morgan fingerprint density at radius 2 is 1.45 bits per heavy atom. The quantitative estimate of drug-likeness (QED) is 0.735. The molecular formula is C14H22Cl4N2. The lowest BCUT2D eigenvalue weighted by Gasteiger charge is -2.34. The van der Waals surface area contributed by atoms with Gasteiger partial charge in [-0.05, 0) is 30.7 Å². The monoisotopic (exact) mass is 358 g/mol. The predicted octanol–water partition coefficient (Wildman–Crippen LogP) is 3.93. The molecule has 0 N–H and O–H groups in total. The SMILES string of the molecule is Cl.Cl.ClCCCN1CCN(Cc2ccc(Cl)cc2)CC1. The molecule has 0 bridgehead atoms. The summed E-state index contributed by atoms with van der Waals surface area (Å²) in [5.41, 5.74) is 1.34. The third kappa shape index (κ3) is 6.84. The van der Waals surface area contributed by atoms with Crippen LogP contribution in [-0.2, 0) is 6.54 Å². The van der Waals surface area contributed by atoms with E-state index in [-0.39, 0.29) is 24.8 Å². The van der Waals surface area contributed by atoms with Crippen LogP contribution in [0.5, 0.6) is 0 Å². The highest BCUT2D eigenvalue weighted by molar-refractivity contribution is 6.30. The van der Waals surface area contributed by atoms with Crippen molar-refractivity contribution in [2.24, 2.45) is 0 Å². The van der Waals surface area contributed by atoms with E-state index in [0.29, 0.717) is 0 Å². The van der Waals surface area contributed by atoms with E-state index in [0.717, 1.165) is 56.6 Å². The van der Waals surface area contributed by atoms with Gasteiger partial charge in [0, 0.05) is 43.6 Å². The van der Waals surface area contributed by atoms with Crippen molar-refractivity contribution in [3.05, 3.63) is 34.9 Å². The van der Waals surface area contributed by atoms with Crippen molar-refractivity contribution in [3.8, 4) is 0 Å². The molecule has 1 fully saturated rings. The van der Waals surface area contributed by atoms with E-state index < -0.39 is 0 Å². The molecule has 1 heterocycles. The minimum absolute atomic E-state index is 0. The fraction of sp³-hybridized carbons (Fsp3) is 0.571. The van der Waals surface area contributed by atoms with Gasteiger partial charge in [0.05, 0.1) is 0 Å². The van der Waals surface area contributed by atoms with Crippen LogP contribution in [0.1, 0.15) is 12.0 Å². The molecule has 0 amide bonds. The van der Waals surface area contributed by atoms with Crippen LogP contribution in [0.3, 0.4) is 0 Å². The van der Waals surface area contributed by atoms with E-state index in [2.05, 4.69) is 21.9 Å². The number of benzene rings is 1. The second kappa shape index (κ2) is 10.9. The summed E-state index contributed by atoms with van der Waals surface area (Å²) >= 11 is 11.6. The molecule has 1 aliphatic rings. The number of piperazine rings is 1. The highest BCUT2D eigenvalue weighted by Gasteiger charge is 2.16. The normalized spacial score (nSPS) is 16.3. The van der Waals surface area contributed by atoms with Crippen LogP contribution in [0.15, 0.2) is 24.3 Å². The molecule has 2 rings (SSSR count). The maximum Gasteiger partial charge on any atom is 0.0406 e. The number of halogens is 4. The molecular weight excluding hydrogens is 338 g/mol. The second-order valence-corrected chi connectivity index (χ2v) is 5.60. The van der Waals surface area contributed by atoms with Gasteiger partial charge in [-0.1, -0.05) is 23.7 Å². The number of hydrogen-bond donors (Lipinski definition) is 0. The Labute approximate surface area is 144 Å². The van der Waals surface area contributed by atoms with Gasteiger partial charge < -0.3 is 4.90 Å². The molecule has 0 saturated carbocycles.